The summed E-state index contributed by atoms with van der Waals surface area (Å²) in [5.41, 5.74) is -0.0265. The van der Waals surface area contributed by atoms with Gasteiger partial charge < -0.3 is 15.2 Å². The van der Waals surface area contributed by atoms with Gasteiger partial charge in [0.15, 0.2) is 5.75 Å². The highest BCUT2D eigenvalue weighted by atomic mass is 35.5. The van der Waals surface area contributed by atoms with Gasteiger partial charge in [0.05, 0.1) is 4.92 Å². The van der Waals surface area contributed by atoms with Crippen LogP contribution in [0.15, 0.2) is 24.3 Å². The largest absolute Gasteiger partial charge is 0.484 e. The van der Waals surface area contributed by atoms with Crippen molar-refractivity contribution in [3.05, 3.63) is 34.4 Å². The van der Waals surface area contributed by atoms with Crippen LogP contribution in [0.3, 0.4) is 0 Å². The van der Waals surface area contributed by atoms with E-state index >= 15 is 0 Å². The quantitative estimate of drug-likeness (QED) is 0.547. The lowest BCUT2D eigenvalue weighted by molar-refractivity contribution is -0.385. The Balaban J connectivity index is 0.00000529. The van der Waals surface area contributed by atoms with Crippen LogP contribution in [-0.2, 0) is 0 Å². The predicted molar refractivity (Wildman–Crippen MR) is 98.0 cm³/mol. The van der Waals surface area contributed by atoms with Crippen molar-refractivity contribution in [1.29, 1.82) is 0 Å². The monoisotopic (exact) mass is 360 g/mol. The lowest BCUT2D eigenvalue weighted by Crippen LogP contribution is -2.46. The van der Waals surface area contributed by atoms with Gasteiger partial charge in [-0.15, -0.1) is 12.4 Å². The van der Waals surface area contributed by atoms with Crippen LogP contribution in [0, 0.1) is 15.5 Å². The Morgan fingerprint density at radius 2 is 1.83 bits per heavy atom. The van der Waals surface area contributed by atoms with Crippen LogP contribution in [0.4, 0.5) is 5.69 Å². The third kappa shape index (κ3) is 8.47. The highest BCUT2D eigenvalue weighted by Crippen LogP contribution is 2.27. The molecule has 2 N–H and O–H groups in total. The SMILES string of the molecule is CC(C)(C)CC(C)(C)NCC(O)COc1ccccc1[N+](=O)[O-].Cl. The first-order valence-electron chi connectivity index (χ1n) is 7.79. The summed E-state index contributed by atoms with van der Waals surface area (Å²) >= 11 is 0. The van der Waals surface area contributed by atoms with Crippen molar-refractivity contribution in [3.8, 4) is 5.75 Å². The fraction of sp³-hybridized carbons (Fsp3) is 0.647. The zero-order chi connectivity index (χ0) is 17.7. The molecular weight excluding hydrogens is 332 g/mol. The molecule has 1 aromatic carbocycles. The van der Waals surface area contributed by atoms with Crippen molar-refractivity contribution in [2.75, 3.05) is 13.2 Å². The van der Waals surface area contributed by atoms with E-state index in [1.54, 1.807) is 12.1 Å². The number of hydrogen-bond acceptors (Lipinski definition) is 5. The Bertz CT molecular complexity index is 530. The van der Waals surface area contributed by atoms with Crippen LogP contribution in [0.1, 0.15) is 41.0 Å². The van der Waals surface area contributed by atoms with E-state index in [1.165, 1.54) is 12.1 Å². The van der Waals surface area contributed by atoms with E-state index in [-0.39, 0.29) is 41.4 Å². The predicted octanol–water partition coefficient (Wildman–Crippen LogP) is 3.56. The first-order valence-corrected chi connectivity index (χ1v) is 7.79. The van der Waals surface area contributed by atoms with E-state index in [4.69, 9.17) is 4.74 Å². The van der Waals surface area contributed by atoms with Gasteiger partial charge in [0, 0.05) is 18.2 Å². The van der Waals surface area contributed by atoms with Crippen molar-refractivity contribution in [2.45, 2.75) is 52.7 Å². The van der Waals surface area contributed by atoms with Gasteiger partial charge in [-0.1, -0.05) is 32.9 Å². The minimum atomic E-state index is -0.742. The molecule has 0 radical (unpaired) electrons. The zero-order valence-electron chi connectivity index (χ0n) is 15.0. The van der Waals surface area contributed by atoms with Gasteiger partial charge >= 0.3 is 5.69 Å². The molecular formula is C17H29ClN2O4. The lowest BCUT2D eigenvalue weighted by atomic mass is 9.82. The molecule has 0 aliphatic heterocycles. The molecule has 1 aromatic rings. The Hall–Kier alpha value is -1.37. The van der Waals surface area contributed by atoms with Crippen LogP contribution in [0.5, 0.6) is 5.75 Å². The molecule has 138 valence electrons. The van der Waals surface area contributed by atoms with Gasteiger partial charge in [-0.3, -0.25) is 10.1 Å². The number of halogens is 1. The molecule has 0 fully saturated rings. The summed E-state index contributed by atoms with van der Waals surface area (Å²) in [5, 5.41) is 24.3. The molecule has 0 bridgehead atoms. The summed E-state index contributed by atoms with van der Waals surface area (Å²) in [6.07, 6.45) is 0.214. The highest BCUT2D eigenvalue weighted by molar-refractivity contribution is 5.85. The number of benzene rings is 1. The molecule has 1 rings (SSSR count). The van der Waals surface area contributed by atoms with Crippen molar-refractivity contribution < 1.29 is 14.8 Å². The summed E-state index contributed by atoms with van der Waals surface area (Å²) < 4.78 is 5.39. The van der Waals surface area contributed by atoms with Crippen LogP contribution in [0.25, 0.3) is 0 Å². The summed E-state index contributed by atoms with van der Waals surface area (Å²) in [4.78, 5) is 10.4. The normalized spacial score (nSPS) is 13.1. The Labute approximate surface area is 150 Å². The molecule has 0 saturated carbocycles. The van der Waals surface area contributed by atoms with Gasteiger partial charge in [0.1, 0.15) is 12.7 Å². The minimum absolute atomic E-state index is 0. The van der Waals surface area contributed by atoms with Crippen molar-refractivity contribution in [1.82, 2.24) is 5.32 Å². The number of nitro benzene ring substituents is 1. The molecule has 7 heteroatoms. The van der Waals surface area contributed by atoms with Crippen molar-refractivity contribution in [3.63, 3.8) is 0 Å². The first kappa shape index (κ1) is 22.6. The second kappa shape index (κ2) is 9.20. The van der Waals surface area contributed by atoms with Crippen molar-refractivity contribution >= 4 is 18.1 Å². The van der Waals surface area contributed by atoms with E-state index in [1.807, 2.05) is 0 Å². The Morgan fingerprint density at radius 1 is 1.25 bits per heavy atom. The van der Waals surface area contributed by atoms with E-state index in [9.17, 15) is 15.2 Å². The number of nitrogens with one attached hydrogen (secondary N) is 1. The number of rotatable bonds is 8. The number of nitro groups is 1. The summed E-state index contributed by atoms with van der Waals surface area (Å²) in [6, 6.07) is 6.16. The Kier molecular flexibility index (Phi) is 8.68. The van der Waals surface area contributed by atoms with E-state index in [0.717, 1.165) is 6.42 Å². The number of nitrogens with zero attached hydrogens (tertiary/aromatic N) is 1. The maximum absolute atomic E-state index is 10.9. The smallest absolute Gasteiger partial charge is 0.310 e. The Morgan fingerprint density at radius 3 is 2.38 bits per heavy atom. The van der Waals surface area contributed by atoms with Crippen LogP contribution in [-0.4, -0.2) is 34.8 Å². The van der Waals surface area contributed by atoms with Crippen LogP contribution in [0.2, 0.25) is 0 Å². The standard InChI is InChI=1S/C17H28N2O4.ClH/c1-16(2,3)12-17(4,5)18-10-13(20)11-23-15-9-7-6-8-14(15)19(21)22;/h6-9,13,18,20H,10-12H2,1-5H3;1H. The molecule has 0 amide bonds. The molecule has 24 heavy (non-hydrogen) atoms. The fourth-order valence-corrected chi connectivity index (χ4v) is 2.76. The molecule has 0 aliphatic rings. The van der Waals surface area contributed by atoms with E-state index < -0.39 is 11.0 Å². The second-order valence-corrected chi connectivity index (χ2v) is 7.69. The summed E-state index contributed by atoms with van der Waals surface area (Å²) in [5.74, 6) is 0.172. The number of β-amino-alcohol motifs (C(OH)–C–C–N with tert-alkyl or cyclic N) is 1. The average Bonchev–Trinajstić information content (AvgIpc) is 2.40. The molecule has 0 spiro atoms. The van der Waals surface area contributed by atoms with Crippen molar-refractivity contribution in [2.24, 2.45) is 5.41 Å². The number of para-hydroxylation sites is 2. The molecule has 1 unspecified atom stereocenters. The zero-order valence-corrected chi connectivity index (χ0v) is 15.9. The number of ether oxygens (including phenoxy) is 1. The summed E-state index contributed by atoms with van der Waals surface area (Å²) in [6.45, 7) is 11.1. The fourth-order valence-electron chi connectivity index (χ4n) is 2.76. The van der Waals surface area contributed by atoms with Gasteiger partial charge in [0.25, 0.3) is 0 Å². The van der Waals surface area contributed by atoms with Gasteiger partial charge in [-0.05, 0) is 31.7 Å². The molecule has 1 atom stereocenters. The minimum Gasteiger partial charge on any atom is -0.484 e. The summed E-state index contributed by atoms with van der Waals surface area (Å²) in [7, 11) is 0. The number of aliphatic hydroxyl groups excluding tert-OH is 1. The molecule has 0 heterocycles. The third-order valence-corrected chi connectivity index (χ3v) is 3.28. The third-order valence-electron chi connectivity index (χ3n) is 3.28. The second-order valence-electron chi connectivity index (χ2n) is 7.69. The van der Waals surface area contributed by atoms with Gasteiger partial charge in [0.2, 0.25) is 0 Å². The van der Waals surface area contributed by atoms with E-state index in [2.05, 4.69) is 39.9 Å². The molecule has 6 nitrogen and oxygen atoms in total. The maximum Gasteiger partial charge on any atom is 0.310 e. The maximum atomic E-state index is 10.9. The average molecular weight is 361 g/mol. The van der Waals surface area contributed by atoms with Gasteiger partial charge in [-0.25, -0.2) is 0 Å². The first-order chi connectivity index (χ1) is 10.5. The molecule has 0 saturated heterocycles. The highest BCUT2D eigenvalue weighted by Gasteiger charge is 2.25. The molecule has 0 aliphatic carbocycles. The van der Waals surface area contributed by atoms with Gasteiger partial charge in [-0.2, -0.15) is 0 Å². The number of aliphatic hydroxyl groups is 1. The van der Waals surface area contributed by atoms with E-state index in [0.29, 0.717) is 6.54 Å². The number of hydrogen-bond donors (Lipinski definition) is 2. The topological polar surface area (TPSA) is 84.6 Å². The van der Waals surface area contributed by atoms with Crippen LogP contribution >= 0.6 is 12.4 Å². The van der Waals surface area contributed by atoms with Crippen LogP contribution < -0.4 is 10.1 Å². The lowest BCUT2D eigenvalue weighted by Gasteiger charge is -2.34. The molecule has 0 aromatic heterocycles.